The number of carbonyl (C=O) groups is 1. The summed E-state index contributed by atoms with van der Waals surface area (Å²) in [7, 11) is 0. The van der Waals surface area contributed by atoms with E-state index in [1.165, 1.54) is 12.1 Å². The van der Waals surface area contributed by atoms with Gasteiger partial charge in [0.15, 0.2) is 0 Å². The number of benzene rings is 2. The van der Waals surface area contributed by atoms with Gasteiger partial charge in [-0.25, -0.2) is 9.18 Å². The van der Waals surface area contributed by atoms with Crippen LogP contribution in [0.5, 0.6) is 0 Å². The molecule has 0 saturated carbocycles. The molecule has 0 bridgehead atoms. The Morgan fingerprint density at radius 1 is 1.16 bits per heavy atom. The molecule has 0 aliphatic heterocycles. The largest absolute Gasteiger partial charge is 0.478 e. The fourth-order valence-electron chi connectivity index (χ4n) is 1.81. The number of hydrogen-bond acceptors (Lipinski definition) is 2. The molecule has 0 atom stereocenters. The second kappa shape index (κ2) is 6.00. The minimum absolute atomic E-state index is 0.245. The molecule has 0 aromatic heterocycles. The van der Waals surface area contributed by atoms with Gasteiger partial charge in [0.25, 0.3) is 0 Å². The SMILES string of the molecule is O=C(O)c1cccc(NCCc2cccc(F)c2)c1. The Bertz CT molecular complexity index is 584. The molecule has 2 N–H and O–H groups in total. The zero-order chi connectivity index (χ0) is 13.7. The first-order chi connectivity index (χ1) is 9.15. The molecule has 2 rings (SSSR count). The minimum Gasteiger partial charge on any atom is -0.478 e. The monoisotopic (exact) mass is 259 g/mol. The number of nitrogens with one attached hydrogen (secondary N) is 1. The van der Waals surface area contributed by atoms with Crippen LogP contribution in [0.4, 0.5) is 10.1 Å². The zero-order valence-corrected chi connectivity index (χ0v) is 10.3. The smallest absolute Gasteiger partial charge is 0.335 e. The van der Waals surface area contributed by atoms with Gasteiger partial charge in [0, 0.05) is 12.2 Å². The molecule has 3 nitrogen and oxygen atoms in total. The minimum atomic E-state index is -0.950. The van der Waals surface area contributed by atoms with Gasteiger partial charge in [0.1, 0.15) is 5.82 Å². The van der Waals surface area contributed by atoms with Crippen molar-refractivity contribution in [2.24, 2.45) is 0 Å². The predicted octanol–water partition coefficient (Wildman–Crippen LogP) is 3.18. The van der Waals surface area contributed by atoms with Gasteiger partial charge in [-0.3, -0.25) is 0 Å². The number of hydrogen-bond donors (Lipinski definition) is 2. The summed E-state index contributed by atoms with van der Waals surface area (Å²) in [6, 6.07) is 13.1. The predicted molar refractivity (Wildman–Crippen MR) is 72.0 cm³/mol. The molecule has 2 aromatic carbocycles. The second-order valence-electron chi connectivity index (χ2n) is 4.19. The quantitative estimate of drug-likeness (QED) is 0.867. The summed E-state index contributed by atoms with van der Waals surface area (Å²) in [5.74, 6) is -1.20. The molecule has 0 heterocycles. The van der Waals surface area contributed by atoms with E-state index in [4.69, 9.17) is 5.11 Å². The van der Waals surface area contributed by atoms with Crippen molar-refractivity contribution in [1.29, 1.82) is 0 Å². The van der Waals surface area contributed by atoms with Gasteiger partial charge in [0.2, 0.25) is 0 Å². The van der Waals surface area contributed by atoms with Gasteiger partial charge < -0.3 is 10.4 Å². The molecule has 0 amide bonds. The molecule has 4 heteroatoms. The first kappa shape index (κ1) is 13.1. The van der Waals surface area contributed by atoms with E-state index in [0.29, 0.717) is 13.0 Å². The lowest BCUT2D eigenvalue weighted by Gasteiger charge is -2.07. The van der Waals surface area contributed by atoms with Gasteiger partial charge in [0.05, 0.1) is 5.56 Å². The van der Waals surface area contributed by atoms with E-state index in [0.717, 1.165) is 11.3 Å². The van der Waals surface area contributed by atoms with E-state index >= 15 is 0 Å². The third-order valence-corrected chi connectivity index (χ3v) is 2.74. The van der Waals surface area contributed by atoms with Crippen molar-refractivity contribution in [2.75, 3.05) is 11.9 Å². The zero-order valence-electron chi connectivity index (χ0n) is 10.3. The first-order valence-electron chi connectivity index (χ1n) is 5.97. The van der Waals surface area contributed by atoms with Gasteiger partial charge in [-0.1, -0.05) is 18.2 Å². The average Bonchev–Trinajstić information content (AvgIpc) is 2.39. The maximum Gasteiger partial charge on any atom is 0.335 e. The number of carboxylic acids is 1. The lowest BCUT2D eigenvalue weighted by molar-refractivity contribution is 0.0697. The highest BCUT2D eigenvalue weighted by Gasteiger charge is 2.02. The van der Waals surface area contributed by atoms with Crippen LogP contribution in [0.3, 0.4) is 0 Å². The van der Waals surface area contributed by atoms with E-state index in [1.54, 1.807) is 30.3 Å². The highest BCUT2D eigenvalue weighted by molar-refractivity contribution is 5.88. The lowest BCUT2D eigenvalue weighted by Crippen LogP contribution is -2.06. The van der Waals surface area contributed by atoms with E-state index < -0.39 is 5.97 Å². The van der Waals surface area contributed by atoms with Crippen molar-refractivity contribution in [3.63, 3.8) is 0 Å². The highest BCUT2D eigenvalue weighted by atomic mass is 19.1. The van der Waals surface area contributed by atoms with Crippen molar-refractivity contribution in [3.8, 4) is 0 Å². The van der Waals surface area contributed by atoms with Crippen LogP contribution < -0.4 is 5.32 Å². The summed E-state index contributed by atoms with van der Waals surface area (Å²) in [5.41, 5.74) is 1.90. The van der Waals surface area contributed by atoms with Crippen LogP contribution >= 0.6 is 0 Å². The average molecular weight is 259 g/mol. The van der Waals surface area contributed by atoms with Gasteiger partial charge >= 0.3 is 5.97 Å². The topological polar surface area (TPSA) is 49.3 Å². The Kier molecular flexibility index (Phi) is 4.13. The number of halogens is 1. The Morgan fingerprint density at radius 2 is 1.95 bits per heavy atom. The number of rotatable bonds is 5. The summed E-state index contributed by atoms with van der Waals surface area (Å²) in [6.45, 7) is 0.618. The molecule has 19 heavy (non-hydrogen) atoms. The number of anilines is 1. The molecule has 0 unspecified atom stereocenters. The summed E-state index contributed by atoms with van der Waals surface area (Å²) in [4.78, 5) is 10.8. The van der Waals surface area contributed by atoms with Crippen molar-refractivity contribution in [1.82, 2.24) is 0 Å². The van der Waals surface area contributed by atoms with Crippen LogP contribution in [0.25, 0.3) is 0 Å². The summed E-state index contributed by atoms with van der Waals surface area (Å²) in [5, 5.41) is 12.0. The number of carboxylic acid groups (broad SMARTS) is 1. The third kappa shape index (κ3) is 3.81. The summed E-state index contributed by atoms with van der Waals surface area (Å²) >= 11 is 0. The summed E-state index contributed by atoms with van der Waals surface area (Å²) < 4.78 is 13.0. The normalized spacial score (nSPS) is 10.2. The Balaban J connectivity index is 1.92. The van der Waals surface area contributed by atoms with Gasteiger partial charge in [-0.15, -0.1) is 0 Å². The van der Waals surface area contributed by atoms with Crippen LogP contribution in [0.1, 0.15) is 15.9 Å². The molecule has 0 spiro atoms. The Morgan fingerprint density at radius 3 is 2.68 bits per heavy atom. The van der Waals surface area contributed by atoms with Crippen molar-refractivity contribution >= 4 is 11.7 Å². The van der Waals surface area contributed by atoms with Crippen LogP contribution in [0.15, 0.2) is 48.5 Å². The van der Waals surface area contributed by atoms with E-state index in [1.807, 2.05) is 6.07 Å². The van der Waals surface area contributed by atoms with Crippen LogP contribution in [-0.4, -0.2) is 17.6 Å². The van der Waals surface area contributed by atoms with Crippen molar-refractivity contribution in [3.05, 3.63) is 65.5 Å². The molecule has 0 saturated heterocycles. The highest BCUT2D eigenvalue weighted by Crippen LogP contribution is 2.11. The van der Waals surface area contributed by atoms with Crippen LogP contribution in [0, 0.1) is 5.82 Å². The van der Waals surface area contributed by atoms with Gasteiger partial charge in [-0.2, -0.15) is 0 Å². The maximum atomic E-state index is 13.0. The fourth-order valence-corrected chi connectivity index (χ4v) is 1.81. The number of aromatic carboxylic acids is 1. The molecule has 0 aliphatic carbocycles. The molecule has 0 radical (unpaired) electrons. The first-order valence-corrected chi connectivity index (χ1v) is 5.97. The lowest BCUT2D eigenvalue weighted by atomic mass is 10.1. The van der Waals surface area contributed by atoms with Crippen molar-refractivity contribution in [2.45, 2.75) is 6.42 Å². The van der Waals surface area contributed by atoms with Crippen LogP contribution in [-0.2, 0) is 6.42 Å². The Hall–Kier alpha value is -2.36. The Labute approximate surface area is 110 Å². The van der Waals surface area contributed by atoms with Crippen LogP contribution in [0.2, 0.25) is 0 Å². The standard InChI is InChI=1S/C15H14FNO2/c16-13-5-1-3-11(9-13)7-8-17-14-6-2-4-12(10-14)15(18)19/h1-6,9-10,17H,7-8H2,(H,18,19). The molecule has 0 aliphatic rings. The van der Waals surface area contributed by atoms with E-state index in [-0.39, 0.29) is 11.4 Å². The molecular formula is C15H14FNO2. The van der Waals surface area contributed by atoms with E-state index in [2.05, 4.69) is 5.32 Å². The molecule has 98 valence electrons. The maximum absolute atomic E-state index is 13.0. The second-order valence-corrected chi connectivity index (χ2v) is 4.19. The molecular weight excluding hydrogens is 245 g/mol. The third-order valence-electron chi connectivity index (χ3n) is 2.74. The van der Waals surface area contributed by atoms with E-state index in [9.17, 15) is 9.18 Å². The summed E-state index contributed by atoms with van der Waals surface area (Å²) in [6.07, 6.45) is 0.676. The molecule has 0 fully saturated rings. The fraction of sp³-hybridized carbons (Fsp3) is 0.133. The van der Waals surface area contributed by atoms with Crippen molar-refractivity contribution < 1.29 is 14.3 Å². The van der Waals surface area contributed by atoms with Gasteiger partial charge in [-0.05, 0) is 42.3 Å². The molecule has 2 aromatic rings.